The highest BCUT2D eigenvalue weighted by Crippen LogP contribution is 1.99. The van der Waals surface area contributed by atoms with Crippen molar-refractivity contribution in [3.63, 3.8) is 0 Å². The molecule has 0 saturated heterocycles. The second-order valence-corrected chi connectivity index (χ2v) is 4.57. The normalized spacial score (nSPS) is 11.7. The minimum absolute atomic E-state index is 0.0846. The molecule has 1 amide bonds. The molecule has 0 aliphatic carbocycles. The maximum Gasteiger partial charge on any atom is 0.236 e. The number of aliphatic hydroxyl groups excluding tert-OH is 1. The van der Waals surface area contributed by atoms with E-state index in [0.29, 0.717) is 26.1 Å². The van der Waals surface area contributed by atoms with Crippen molar-refractivity contribution in [2.75, 3.05) is 33.2 Å². The first kappa shape index (κ1) is 17.4. The van der Waals surface area contributed by atoms with Gasteiger partial charge in [-0.25, -0.2) is 0 Å². The van der Waals surface area contributed by atoms with Crippen molar-refractivity contribution in [2.45, 2.75) is 32.3 Å². The molecule has 0 aliphatic rings. The molecule has 1 unspecified atom stereocenters. The van der Waals surface area contributed by atoms with E-state index in [1.807, 2.05) is 24.1 Å². The molecule has 6 nitrogen and oxygen atoms in total. The monoisotopic (exact) mass is 266 g/mol. The van der Waals surface area contributed by atoms with Crippen LogP contribution in [0.25, 0.3) is 0 Å². The van der Waals surface area contributed by atoms with Gasteiger partial charge < -0.3 is 10.0 Å². The highest BCUT2D eigenvalue weighted by atomic mass is 16.3. The number of likely N-dealkylation sites (N-methyl/N-ethyl adjacent to an activating group) is 1. The molecule has 0 saturated carbocycles. The number of hydrogen-bond donors (Lipinski definition) is 1. The van der Waals surface area contributed by atoms with Gasteiger partial charge in [0.1, 0.15) is 0 Å². The molecule has 0 spiro atoms. The molecule has 0 fully saturated rings. The van der Waals surface area contributed by atoms with Gasteiger partial charge in [0, 0.05) is 19.6 Å². The largest absolute Gasteiger partial charge is 0.393 e. The van der Waals surface area contributed by atoms with Crippen LogP contribution in [0.1, 0.15) is 26.2 Å². The average Bonchev–Trinajstić information content (AvgIpc) is 2.36. The Morgan fingerprint density at radius 1 is 1.21 bits per heavy atom. The van der Waals surface area contributed by atoms with Gasteiger partial charge in [0.15, 0.2) is 0 Å². The first-order chi connectivity index (χ1) is 9.01. The Balaban J connectivity index is 4.22. The molecule has 1 N–H and O–H groups in total. The Morgan fingerprint density at radius 2 is 1.74 bits per heavy atom. The van der Waals surface area contributed by atoms with E-state index in [2.05, 4.69) is 0 Å². The molecule has 0 radical (unpaired) electrons. The molecule has 6 heteroatoms. The molecule has 0 aromatic rings. The average molecular weight is 266 g/mol. The van der Waals surface area contributed by atoms with Gasteiger partial charge in [-0.1, -0.05) is 0 Å². The number of rotatable bonds is 9. The van der Waals surface area contributed by atoms with E-state index in [1.54, 1.807) is 11.8 Å². The molecule has 0 heterocycles. The van der Waals surface area contributed by atoms with Crippen molar-refractivity contribution in [1.82, 2.24) is 9.80 Å². The number of carbonyl (C=O) groups excluding carboxylic acids is 1. The minimum Gasteiger partial charge on any atom is -0.393 e. The molecular weight excluding hydrogens is 244 g/mol. The topological polar surface area (TPSA) is 91.4 Å². The summed E-state index contributed by atoms with van der Waals surface area (Å²) in [5, 5.41) is 26.3. The Bertz CT molecular complexity index is 326. The predicted molar refractivity (Wildman–Crippen MR) is 70.8 cm³/mol. The fourth-order valence-corrected chi connectivity index (χ4v) is 1.55. The van der Waals surface area contributed by atoms with E-state index in [0.717, 1.165) is 0 Å². The number of carbonyl (C=O) groups is 1. The molecule has 0 rings (SSSR count). The van der Waals surface area contributed by atoms with Gasteiger partial charge in [0.2, 0.25) is 5.91 Å². The van der Waals surface area contributed by atoms with Crippen LogP contribution in [0, 0.1) is 22.7 Å². The van der Waals surface area contributed by atoms with Crippen LogP contribution in [-0.2, 0) is 4.79 Å². The van der Waals surface area contributed by atoms with E-state index >= 15 is 0 Å². The molecule has 0 bridgehead atoms. The summed E-state index contributed by atoms with van der Waals surface area (Å²) >= 11 is 0. The predicted octanol–water partition coefficient (Wildman–Crippen LogP) is 0.345. The zero-order chi connectivity index (χ0) is 14.7. The van der Waals surface area contributed by atoms with Gasteiger partial charge in [0.25, 0.3) is 0 Å². The number of nitriles is 2. The zero-order valence-corrected chi connectivity index (χ0v) is 11.7. The van der Waals surface area contributed by atoms with Crippen LogP contribution < -0.4 is 0 Å². The first-order valence-electron chi connectivity index (χ1n) is 6.39. The zero-order valence-electron chi connectivity index (χ0n) is 11.7. The van der Waals surface area contributed by atoms with Crippen molar-refractivity contribution in [3.05, 3.63) is 0 Å². The Hall–Kier alpha value is -1.63. The maximum absolute atomic E-state index is 12.0. The number of nitrogens with zero attached hydrogens (tertiary/aromatic N) is 4. The Morgan fingerprint density at radius 3 is 2.16 bits per heavy atom. The van der Waals surface area contributed by atoms with Crippen molar-refractivity contribution in [2.24, 2.45) is 0 Å². The van der Waals surface area contributed by atoms with Crippen LogP contribution in [-0.4, -0.2) is 60.1 Å². The fraction of sp³-hybridized carbons (Fsp3) is 0.769. The lowest BCUT2D eigenvalue weighted by molar-refractivity contribution is -0.132. The van der Waals surface area contributed by atoms with Crippen molar-refractivity contribution in [1.29, 1.82) is 10.5 Å². The van der Waals surface area contributed by atoms with E-state index < -0.39 is 0 Å². The maximum atomic E-state index is 12.0. The third kappa shape index (κ3) is 9.01. The van der Waals surface area contributed by atoms with E-state index in [1.165, 1.54) is 0 Å². The summed E-state index contributed by atoms with van der Waals surface area (Å²) in [5.74, 6) is -0.0846. The highest BCUT2D eigenvalue weighted by molar-refractivity contribution is 5.78. The summed E-state index contributed by atoms with van der Waals surface area (Å²) in [6, 6.07) is 4.00. The quantitative estimate of drug-likeness (QED) is 0.650. The van der Waals surface area contributed by atoms with E-state index in [9.17, 15) is 9.90 Å². The Labute approximate surface area is 114 Å². The number of aliphatic hydroxyl groups is 1. The lowest BCUT2D eigenvalue weighted by atomic mass is 10.2. The Kier molecular flexibility index (Phi) is 9.42. The molecule has 0 aromatic carbocycles. The summed E-state index contributed by atoms with van der Waals surface area (Å²) in [6.07, 6.45) is 0.773. The van der Waals surface area contributed by atoms with Crippen LogP contribution in [0.3, 0.4) is 0 Å². The summed E-state index contributed by atoms with van der Waals surface area (Å²) in [4.78, 5) is 15.4. The molecule has 1 atom stereocenters. The molecule has 0 aliphatic heterocycles. The first-order valence-corrected chi connectivity index (χ1v) is 6.39. The molecule has 106 valence electrons. The van der Waals surface area contributed by atoms with Gasteiger partial charge in [-0.15, -0.1) is 0 Å². The smallest absolute Gasteiger partial charge is 0.236 e. The summed E-state index contributed by atoms with van der Waals surface area (Å²) < 4.78 is 0. The van der Waals surface area contributed by atoms with Gasteiger partial charge in [-0.05, 0) is 20.4 Å². The summed E-state index contributed by atoms with van der Waals surface area (Å²) in [7, 11) is 1.81. The highest BCUT2D eigenvalue weighted by Gasteiger charge is 2.15. The third-order valence-electron chi connectivity index (χ3n) is 2.67. The van der Waals surface area contributed by atoms with Gasteiger partial charge >= 0.3 is 0 Å². The fourth-order valence-electron chi connectivity index (χ4n) is 1.55. The SMILES string of the molecule is CC(O)CCN(C)CC(=O)N(CCC#N)CCC#N. The van der Waals surface area contributed by atoms with Gasteiger partial charge in [-0.2, -0.15) is 10.5 Å². The summed E-state index contributed by atoms with van der Waals surface area (Å²) in [6.45, 7) is 3.31. The van der Waals surface area contributed by atoms with Gasteiger partial charge in [0.05, 0.1) is 37.6 Å². The van der Waals surface area contributed by atoms with Crippen LogP contribution in [0.4, 0.5) is 0 Å². The van der Waals surface area contributed by atoms with Crippen LogP contribution in [0.2, 0.25) is 0 Å². The molecular formula is C13H22N4O2. The third-order valence-corrected chi connectivity index (χ3v) is 2.67. The van der Waals surface area contributed by atoms with Crippen LogP contribution in [0.5, 0.6) is 0 Å². The molecule has 19 heavy (non-hydrogen) atoms. The lowest BCUT2D eigenvalue weighted by Crippen LogP contribution is -2.40. The minimum atomic E-state index is -0.383. The standard InChI is InChI=1S/C13H22N4O2/c1-12(18)5-10-16(2)11-13(19)17(8-3-6-14)9-4-7-15/h12,18H,3-5,8-11H2,1-2H3. The van der Waals surface area contributed by atoms with Crippen molar-refractivity contribution in [3.8, 4) is 12.1 Å². The summed E-state index contributed by atoms with van der Waals surface area (Å²) in [5.41, 5.74) is 0. The van der Waals surface area contributed by atoms with Crippen molar-refractivity contribution >= 4 is 5.91 Å². The van der Waals surface area contributed by atoms with Crippen LogP contribution >= 0.6 is 0 Å². The lowest BCUT2D eigenvalue weighted by Gasteiger charge is -2.24. The van der Waals surface area contributed by atoms with E-state index in [-0.39, 0.29) is 31.4 Å². The van der Waals surface area contributed by atoms with Crippen molar-refractivity contribution < 1.29 is 9.90 Å². The van der Waals surface area contributed by atoms with Gasteiger partial charge in [-0.3, -0.25) is 9.69 Å². The van der Waals surface area contributed by atoms with Crippen LogP contribution in [0.15, 0.2) is 0 Å². The second kappa shape index (κ2) is 10.3. The second-order valence-electron chi connectivity index (χ2n) is 4.57. The molecule has 0 aromatic heterocycles. The van der Waals surface area contributed by atoms with E-state index in [4.69, 9.17) is 10.5 Å². The number of hydrogen-bond acceptors (Lipinski definition) is 5. The number of amides is 1.